The van der Waals surface area contributed by atoms with Gasteiger partial charge in [-0.25, -0.2) is 13.1 Å². The average Bonchev–Trinajstić information content (AvgIpc) is 3.32. The van der Waals surface area contributed by atoms with E-state index in [0.29, 0.717) is 36.1 Å². The van der Waals surface area contributed by atoms with Gasteiger partial charge in [-0.3, -0.25) is 10.1 Å². The largest absolute Gasteiger partial charge is 0.494 e. The van der Waals surface area contributed by atoms with Crippen LogP contribution >= 0.6 is 12.2 Å². The highest BCUT2D eigenvalue weighted by atomic mass is 32.2. The Morgan fingerprint density at radius 1 is 1.21 bits per heavy atom. The van der Waals surface area contributed by atoms with Gasteiger partial charge in [0.15, 0.2) is 5.11 Å². The molecule has 0 aliphatic carbocycles. The quantitative estimate of drug-likeness (QED) is 0.423. The summed E-state index contributed by atoms with van der Waals surface area (Å²) in [5, 5.41) is 5.62. The van der Waals surface area contributed by atoms with Crippen LogP contribution in [0.5, 0.6) is 5.75 Å². The molecule has 0 bridgehead atoms. The Balaban J connectivity index is 1.51. The second-order valence-corrected chi connectivity index (χ2v) is 10.7. The molecule has 2 aromatic rings. The minimum absolute atomic E-state index is 0.0796. The standard InChI is InChI=1S/C24H31N3O5S2/c1-17(2)12-14-32-20-6-3-5-18(15-20)23(28)27-24(33)26-19-8-10-22(11-9-19)34(29,30)25-16-21-7-4-13-31-21/h3,5-6,8-11,15,17,21,25H,4,7,12-14,16H2,1-2H3,(H2,26,27,28,33). The Labute approximate surface area is 206 Å². The zero-order valence-corrected chi connectivity index (χ0v) is 21.0. The van der Waals surface area contributed by atoms with Gasteiger partial charge in [0.1, 0.15) is 5.75 Å². The van der Waals surface area contributed by atoms with Gasteiger partial charge in [0.05, 0.1) is 17.6 Å². The van der Waals surface area contributed by atoms with E-state index in [9.17, 15) is 13.2 Å². The molecule has 34 heavy (non-hydrogen) atoms. The molecule has 1 heterocycles. The molecule has 0 spiro atoms. The topological polar surface area (TPSA) is 106 Å². The lowest BCUT2D eigenvalue weighted by Gasteiger charge is -2.13. The summed E-state index contributed by atoms with van der Waals surface area (Å²) in [5.74, 6) is 0.785. The number of sulfonamides is 1. The van der Waals surface area contributed by atoms with Crippen LogP contribution in [-0.4, -0.2) is 45.3 Å². The lowest BCUT2D eigenvalue weighted by molar-refractivity contribution is 0.0977. The number of anilines is 1. The molecule has 1 amide bonds. The van der Waals surface area contributed by atoms with Crippen LogP contribution in [-0.2, 0) is 14.8 Å². The van der Waals surface area contributed by atoms with Crippen molar-refractivity contribution in [2.75, 3.05) is 25.1 Å². The maximum absolute atomic E-state index is 12.6. The molecule has 8 nitrogen and oxygen atoms in total. The maximum Gasteiger partial charge on any atom is 0.257 e. The first-order chi connectivity index (χ1) is 16.2. The van der Waals surface area contributed by atoms with Gasteiger partial charge in [-0.05, 0) is 79.9 Å². The predicted molar refractivity (Wildman–Crippen MR) is 136 cm³/mol. The van der Waals surface area contributed by atoms with Gasteiger partial charge in [-0.2, -0.15) is 0 Å². The molecule has 0 saturated carbocycles. The Kier molecular flexibility index (Phi) is 9.40. The summed E-state index contributed by atoms with van der Waals surface area (Å²) >= 11 is 5.23. The van der Waals surface area contributed by atoms with Gasteiger partial charge >= 0.3 is 0 Å². The summed E-state index contributed by atoms with van der Waals surface area (Å²) in [6.07, 6.45) is 2.64. The predicted octanol–water partition coefficient (Wildman–Crippen LogP) is 3.70. The first kappa shape index (κ1) is 26.1. The van der Waals surface area contributed by atoms with Crippen molar-refractivity contribution in [3.05, 3.63) is 54.1 Å². The second-order valence-electron chi connectivity index (χ2n) is 8.48. The van der Waals surface area contributed by atoms with Crippen LogP contribution in [0.2, 0.25) is 0 Å². The summed E-state index contributed by atoms with van der Waals surface area (Å²) < 4.78 is 38.7. The number of hydrogen-bond donors (Lipinski definition) is 3. The number of carbonyl (C=O) groups excluding carboxylic acids is 1. The molecule has 1 unspecified atom stereocenters. The smallest absolute Gasteiger partial charge is 0.257 e. The summed E-state index contributed by atoms with van der Waals surface area (Å²) in [4.78, 5) is 12.7. The molecular formula is C24H31N3O5S2. The van der Waals surface area contributed by atoms with Crippen molar-refractivity contribution in [1.82, 2.24) is 10.0 Å². The molecule has 3 rings (SSSR count). The normalized spacial score (nSPS) is 15.8. The Morgan fingerprint density at radius 3 is 2.65 bits per heavy atom. The molecule has 3 N–H and O–H groups in total. The second kappa shape index (κ2) is 12.3. The van der Waals surface area contributed by atoms with Gasteiger partial charge in [-0.1, -0.05) is 19.9 Å². The number of thiocarbonyl (C=S) groups is 1. The van der Waals surface area contributed by atoms with Crippen molar-refractivity contribution in [3.63, 3.8) is 0 Å². The number of ether oxygens (including phenoxy) is 2. The fourth-order valence-electron chi connectivity index (χ4n) is 3.29. The van der Waals surface area contributed by atoms with Crippen LogP contribution in [0.15, 0.2) is 53.4 Å². The fourth-order valence-corrected chi connectivity index (χ4v) is 4.56. The zero-order valence-electron chi connectivity index (χ0n) is 19.4. The molecular weight excluding hydrogens is 474 g/mol. The highest BCUT2D eigenvalue weighted by molar-refractivity contribution is 7.89. The third kappa shape index (κ3) is 8.05. The highest BCUT2D eigenvalue weighted by Gasteiger charge is 2.20. The number of benzene rings is 2. The highest BCUT2D eigenvalue weighted by Crippen LogP contribution is 2.17. The maximum atomic E-state index is 12.6. The van der Waals surface area contributed by atoms with Crippen molar-refractivity contribution < 1.29 is 22.7 Å². The van der Waals surface area contributed by atoms with E-state index in [0.717, 1.165) is 19.3 Å². The molecule has 1 saturated heterocycles. The van der Waals surface area contributed by atoms with Crippen molar-refractivity contribution in [2.45, 2.75) is 44.1 Å². The SMILES string of the molecule is CC(C)CCOc1cccc(C(=O)NC(=S)Nc2ccc(S(=O)(=O)NCC3CCCO3)cc2)c1. The third-order valence-electron chi connectivity index (χ3n) is 5.23. The Morgan fingerprint density at radius 2 is 1.97 bits per heavy atom. The third-order valence-corrected chi connectivity index (χ3v) is 6.88. The molecule has 2 aromatic carbocycles. The number of rotatable bonds is 10. The van der Waals surface area contributed by atoms with Gasteiger partial charge in [0.2, 0.25) is 10.0 Å². The van der Waals surface area contributed by atoms with E-state index in [1.165, 1.54) is 12.1 Å². The van der Waals surface area contributed by atoms with E-state index in [4.69, 9.17) is 21.7 Å². The van der Waals surface area contributed by atoms with E-state index in [1.54, 1.807) is 36.4 Å². The van der Waals surface area contributed by atoms with Crippen molar-refractivity contribution in [2.24, 2.45) is 5.92 Å². The molecule has 1 atom stereocenters. The molecule has 1 fully saturated rings. The van der Waals surface area contributed by atoms with Crippen LogP contribution in [0.4, 0.5) is 5.69 Å². The monoisotopic (exact) mass is 505 g/mol. The van der Waals surface area contributed by atoms with Gasteiger partial charge in [-0.15, -0.1) is 0 Å². The summed E-state index contributed by atoms with van der Waals surface area (Å²) in [6.45, 7) is 5.75. The Bertz CT molecular complexity index is 1080. The van der Waals surface area contributed by atoms with E-state index in [-0.39, 0.29) is 28.6 Å². The van der Waals surface area contributed by atoms with Crippen molar-refractivity contribution in [3.8, 4) is 5.75 Å². The molecule has 10 heteroatoms. The van der Waals surface area contributed by atoms with E-state index in [2.05, 4.69) is 29.2 Å². The van der Waals surface area contributed by atoms with E-state index < -0.39 is 10.0 Å². The zero-order chi connectivity index (χ0) is 24.6. The summed E-state index contributed by atoms with van der Waals surface area (Å²) in [7, 11) is -3.64. The van der Waals surface area contributed by atoms with Gasteiger partial charge in [0, 0.05) is 24.4 Å². The molecule has 0 radical (unpaired) electrons. The number of carbonyl (C=O) groups is 1. The molecule has 0 aromatic heterocycles. The van der Waals surface area contributed by atoms with Crippen LogP contribution in [0.3, 0.4) is 0 Å². The average molecular weight is 506 g/mol. The van der Waals surface area contributed by atoms with E-state index >= 15 is 0 Å². The lowest BCUT2D eigenvalue weighted by atomic mass is 10.1. The minimum atomic E-state index is -3.64. The molecule has 1 aliphatic rings. The number of amides is 1. The molecule has 184 valence electrons. The first-order valence-corrected chi connectivity index (χ1v) is 13.2. The molecule has 1 aliphatic heterocycles. The summed E-state index contributed by atoms with van der Waals surface area (Å²) in [6, 6.07) is 13.0. The minimum Gasteiger partial charge on any atom is -0.494 e. The first-order valence-electron chi connectivity index (χ1n) is 11.3. The van der Waals surface area contributed by atoms with Crippen LogP contribution in [0, 0.1) is 5.92 Å². The van der Waals surface area contributed by atoms with Crippen LogP contribution < -0.4 is 20.1 Å². The lowest BCUT2D eigenvalue weighted by Crippen LogP contribution is -2.34. The van der Waals surface area contributed by atoms with E-state index in [1.807, 2.05) is 0 Å². The fraction of sp³-hybridized carbons (Fsp3) is 0.417. The van der Waals surface area contributed by atoms with Crippen LogP contribution in [0.1, 0.15) is 43.5 Å². The number of hydrogen-bond acceptors (Lipinski definition) is 6. The van der Waals surface area contributed by atoms with Crippen molar-refractivity contribution >= 4 is 38.9 Å². The van der Waals surface area contributed by atoms with Crippen molar-refractivity contribution in [1.29, 1.82) is 0 Å². The van der Waals surface area contributed by atoms with Gasteiger partial charge in [0.25, 0.3) is 5.91 Å². The Hall–Kier alpha value is -2.53. The van der Waals surface area contributed by atoms with Crippen LogP contribution in [0.25, 0.3) is 0 Å². The summed E-state index contributed by atoms with van der Waals surface area (Å²) in [5.41, 5.74) is 0.971. The number of nitrogens with one attached hydrogen (secondary N) is 3. The van der Waals surface area contributed by atoms with Gasteiger partial charge < -0.3 is 14.8 Å².